The van der Waals surface area contributed by atoms with E-state index in [1.807, 2.05) is 24.8 Å². The summed E-state index contributed by atoms with van der Waals surface area (Å²) in [5.74, 6) is 0.569. The first-order chi connectivity index (χ1) is 11.0. The van der Waals surface area contributed by atoms with Crippen LogP contribution in [-0.2, 0) is 11.2 Å². The fourth-order valence-electron chi connectivity index (χ4n) is 3.60. The highest BCUT2D eigenvalue weighted by Crippen LogP contribution is 2.30. The van der Waals surface area contributed by atoms with Gasteiger partial charge >= 0.3 is 0 Å². The molecule has 136 valence electrons. The number of benzene rings is 1. The van der Waals surface area contributed by atoms with Crippen LogP contribution >= 0.6 is 12.4 Å². The molecule has 1 fully saturated rings. The number of halogens is 2. The number of carbonyl (C=O) groups is 1. The number of nitrogens with two attached hydrogens (primary N) is 1. The number of rotatable bonds is 6. The monoisotopic (exact) mass is 356 g/mol. The summed E-state index contributed by atoms with van der Waals surface area (Å²) in [5.41, 5.74) is 6.55. The van der Waals surface area contributed by atoms with E-state index in [4.69, 9.17) is 5.73 Å². The van der Waals surface area contributed by atoms with Gasteiger partial charge in [0, 0.05) is 19.6 Å². The normalized spacial score (nSPS) is 15.9. The van der Waals surface area contributed by atoms with Crippen molar-refractivity contribution in [3.05, 3.63) is 35.6 Å². The largest absolute Gasteiger partial charge is 0.342 e. The van der Waals surface area contributed by atoms with Crippen molar-refractivity contribution in [2.45, 2.75) is 46.0 Å². The summed E-state index contributed by atoms with van der Waals surface area (Å²) in [6.45, 7) is 6.10. The average Bonchev–Trinajstić information content (AvgIpc) is 2.57. The molecule has 0 atom stereocenters. The lowest BCUT2D eigenvalue weighted by Gasteiger charge is -2.39. The van der Waals surface area contributed by atoms with E-state index in [9.17, 15) is 9.18 Å². The molecule has 1 aliphatic rings. The Morgan fingerprint density at radius 3 is 2.42 bits per heavy atom. The van der Waals surface area contributed by atoms with Crippen molar-refractivity contribution in [3.63, 3.8) is 0 Å². The number of hydrogen-bond acceptors (Lipinski definition) is 2. The van der Waals surface area contributed by atoms with Crippen LogP contribution in [0.25, 0.3) is 0 Å². The zero-order valence-electron chi connectivity index (χ0n) is 14.8. The van der Waals surface area contributed by atoms with E-state index in [0.717, 1.165) is 50.8 Å². The lowest BCUT2D eigenvalue weighted by atomic mass is 9.80. The van der Waals surface area contributed by atoms with Gasteiger partial charge in [-0.15, -0.1) is 12.4 Å². The van der Waals surface area contributed by atoms with Gasteiger partial charge in [-0.25, -0.2) is 4.39 Å². The number of carbonyl (C=O) groups excluding carboxylic acids is 1. The summed E-state index contributed by atoms with van der Waals surface area (Å²) in [6.07, 6.45) is 4.44. The van der Waals surface area contributed by atoms with Crippen molar-refractivity contribution in [1.29, 1.82) is 0 Å². The van der Waals surface area contributed by atoms with Crippen molar-refractivity contribution < 1.29 is 9.18 Å². The maximum absolute atomic E-state index is 13.3. The molecular weight excluding hydrogens is 327 g/mol. The Kier molecular flexibility index (Phi) is 8.17. The third-order valence-corrected chi connectivity index (χ3v) is 5.51. The Hall–Kier alpha value is -1.13. The van der Waals surface area contributed by atoms with Gasteiger partial charge in [-0.3, -0.25) is 4.79 Å². The molecular formula is C19H30ClFN2O. The molecule has 1 aliphatic heterocycles. The Labute approximate surface area is 151 Å². The molecule has 5 heteroatoms. The average molecular weight is 357 g/mol. The first-order valence-corrected chi connectivity index (χ1v) is 8.78. The van der Waals surface area contributed by atoms with Crippen LogP contribution in [0.5, 0.6) is 0 Å². The zero-order valence-corrected chi connectivity index (χ0v) is 15.6. The van der Waals surface area contributed by atoms with Crippen LogP contribution in [0.4, 0.5) is 4.39 Å². The van der Waals surface area contributed by atoms with Gasteiger partial charge in [0.05, 0.1) is 5.41 Å². The standard InChI is InChI=1S/C19H29FN2O.ClH/c1-3-19(4-2,14-21)18(23)22-10-8-15(9-11-22)12-16-6-5-7-17(20)13-16;/h5-7,13,15H,3-4,8-12,14,21H2,1-2H3;1H. The van der Waals surface area contributed by atoms with Gasteiger partial charge in [0.2, 0.25) is 5.91 Å². The molecule has 0 aliphatic carbocycles. The Balaban J connectivity index is 0.00000288. The van der Waals surface area contributed by atoms with Gasteiger partial charge in [0.1, 0.15) is 5.82 Å². The van der Waals surface area contributed by atoms with Crippen LogP contribution in [0.1, 0.15) is 45.1 Å². The van der Waals surface area contributed by atoms with Crippen LogP contribution in [0.3, 0.4) is 0 Å². The highest BCUT2D eigenvalue weighted by molar-refractivity contribution is 5.85. The number of likely N-dealkylation sites (tertiary alicyclic amines) is 1. The number of piperidine rings is 1. The van der Waals surface area contributed by atoms with E-state index in [1.54, 1.807) is 12.1 Å². The summed E-state index contributed by atoms with van der Waals surface area (Å²) in [6, 6.07) is 6.84. The first-order valence-electron chi connectivity index (χ1n) is 8.78. The molecule has 0 radical (unpaired) electrons. The molecule has 2 N–H and O–H groups in total. The number of hydrogen-bond donors (Lipinski definition) is 1. The predicted octanol–water partition coefficient (Wildman–Crippen LogP) is 3.79. The molecule has 3 nitrogen and oxygen atoms in total. The van der Waals surface area contributed by atoms with Crippen LogP contribution in [0.15, 0.2) is 24.3 Å². The van der Waals surface area contributed by atoms with Crippen molar-refractivity contribution in [2.24, 2.45) is 17.1 Å². The van der Waals surface area contributed by atoms with Crippen molar-refractivity contribution in [1.82, 2.24) is 4.90 Å². The Bertz CT molecular complexity index is 518. The van der Waals surface area contributed by atoms with Gasteiger partial charge < -0.3 is 10.6 Å². The van der Waals surface area contributed by atoms with E-state index >= 15 is 0 Å². The molecule has 24 heavy (non-hydrogen) atoms. The van der Waals surface area contributed by atoms with Crippen LogP contribution in [-0.4, -0.2) is 30.4 Å². The highest BCUT2D eigenvalue weighted by Gasteiger charge is 2.37. The fraction of sp³-hybridized carbons (Fsp3) is 0.632. The smallest absolute Gasteiger partial charge is 0.230 e. The van der Waals surface area contributed by atoms with Crippen molar-refractivity contribution >= 4 is 18.3 Å². The second kappa shape index (κ2) is 9.38. The zero-order chi connectivity index (χ0) is 16.9. The van der Waals surface area contributed by atoms with E-state index in [0.29, 0.717) is 12.5 Å². The minimum absolute atomic E-state index is 0. The van der Waals surface area contributed by atoms with Crippen LogP contribution in [0, 0.1) is 17.2 Å². The second-order valence-corrected chi connectivity index (χ2v) is 6.76. The first kappa shape index (κ1) is 20.9. The third kappa shape index (κ3) is 4.70. The van der Waals surface area contributed by atoms with Gasteiger partial charge in [-0.2, -0.15) is 0 Å². The summed E-state index contributed by atoms with van der Waals surface area (Å²) in [7, 11) is 0. The number of nitrogens with zero attached hydrogens (tertiary/aromatic N) is 1. The molecule has 1 heterocycles. The Morgan fingerprint density at radius 1 is 1.29 bits per heavy atom. The van der Waals surface area contributed by atoms with Crippen molar-refractivity contribution in [2.75, 3.05) is 19.6 Å². The van der Waals surface area contributed by atoms with Crippen LogP contribution < -0.4 is 5.73 Å². The summed E-state index contributed by atoms with van der Waals surface area (Å²) >= 11 is 0. The Morgan fingerprint density at radius 2 is 1.92 bits per heavy atom. The lowest BCUT2D eigenvalue weighted by Crippen LogP contribution is -2.50. The van der Waals surface area contributed by atoms with E-state index in [-0.39, 0.29) is 24.1 Å². The van der Waals surface area contributed by atoms with E-state index in [1.165, 1.54) is 6.07 Å². The second-order valence-electron chi connectivity index (χ2n) is 6.76. The minimum Gasteiger partial charge on any atom is -0.342 e. The molecule has 0 bridgehead atoms. The van der Waals surface area contributed by atoms with Gasteiger partial charge in [0.25, 0.3) is 0 Å². The van der Waals surface area contributed by atoms with Gasteiger partial charge in [-0.05, 0) is 55.7 Å². The predicted molar refractivity (Wildman–Crippen MR) is 98.7 cm³/mol. The van der Waals surface area contributed by atoms with Gasteiger partial charge in [0.15, 0.2) is 0 Å². The maximum atomic E-state index is 13.3. The molecule has 0 aromatic heterocycles. The third-order valence-electron chi connectivity index (χ3n) is 5.51. The minimum atomic E-state index is -0.393. The molecule has 2 rings (SSSR count). The molecule has 0 unspecified atom stereocenters. The SMILES string of the molecule is CCC(CC)(CN)C(=O)N1CCC(Cc2cccc(F)c2)CC1.Cl. The summed E-state index contributed by atoms with van der Waals surface area (Å²) < 4.78 is 13.3. The van der Waals surface area contributed by atoms with Crippen molar-refractivity contribution in [3.8, 4) is 0 Å². The summed E-state index contributed by atoms with van der Waals surface area (Å²) in [4.78, 5) is 14.8. The fourth-order valence-corrected chi connectivity index (χ4v) is 3.60. The van der Waals surface area contributed by atoms with E-state index < -0.39 is 5.41 Å². The quantitative estimate of drug-likeness (QED) is 0.842. The number of amides is 1. The lowest BCUT2D eigenvalue weighted by molar-refractivity contribution is -0.143. The molecule has 1 aromatic carbocycles. The molecule has 1 amide bonds. The molecule has 0 spiro atoms. The topological polar surface area (TPSA) is 46.3 Å². The highest BCUT2D eigenvalue weighted by atomic mass is 35.5. The summed E-state index contributed by atoms with van der Waals surface area (Å²) in [5, 5.41) is 0. The van der Waals surface area contributed by atoms with E-state index in [2.05, 4.69) is 0 Å². The maximum Gasteiger partial charge on any atom is 0.230 e. The molecule has 1 saturated heterocycles. The van der Waals surface area contributed by atoms with Crippen LogP contribution in [0.2, 0.25) is 0 Å². The molecule has 1 aromatic rings. The molecule has 0 saturated carbocycles. The van der Waals surface area contributed by atoms with Gasteiger partial charge in [-0.1, -0.05) is 26.0 Å².